The Morgan fingerprint density at radius 2 is 2.10 bits per heavy atom. The Labute approximate surface area is 122 Å². The van der Waals surface area contributed by atoms with Crippen LogP contribution in [0, 0.1) is 6.92 Å². The van der Waals surface area contributed by atoms with Gasteiger partial charge in [-0.25, -0.2) is 0 Å². The van der Waals surface area contributed by atoms with Crippen molar-refractivity contribution in [3.63, 3.8) is 0 Å². The fourth-order valence-electron chi connectivity index (χ4n) is 2.58. The zero-order valence-electron chi connectivity index (χ0n) is 12.8. The fraction of sp³-hybridized carbons (Fsp3) is 0.471. The molecule has 2 rings (SSSR count). The highest BCUT2D eigenvalue weighted by Gasteiger charge is 2.13. The van der Waals surface area contributed by atoms with Gasteiger partial charge in [-0.3, -0.25) is 4.68 Å². The van der Waals surface area contributed by atoms with E-state index in [1.54, 1.807) is 0 Å². The van der Waals surface area contributed by atoms with Crippen LogP contribution in [0.15, 0.2) is 36.7 Å². The third kappa shape index (κ3) is 3.94. The molecule has 2 aromatic rings. The molecule has 0 saturated carbocycles. The van der Waals surface area contributed by atoms with Gasteiger partial charge in [0.05, 0.1) is 6.20 Å². The van der Waals surface area contributed by atoms with Gasteiger partial charge in [0, 0.05) is 19.3 Å². The van der Waals surface area contributed by atoms with Gasteiger partial charge in [-0.05, 0) is 49.4 Å². The first kappa shape index (κ1) is 14.8. The van der Waals surface area contributed by atoms with Crippen molar-refractivity contribution in [1.82, 2.24) is 15.1 Å². The van der Waals surface area contributed by atoms with Crippen molar-refractivity contribution in [2.45, 2.75) is 39.2 Å². The summed E-state index contributed by atoms with van der Waals surface area (Å²) in [4.78, 5) is 0. The van der Waals surface area contributed by atoms with Crippen molar-refractivity contribution in [3.05, 3.63) is 53.3 Å². The van der Waals surface area contributed by atoms with E-state index in [4.69, 9.17) is 0 Å². The standard InChI is InChI=1S/C17H25N3/c1-4-11-18-17(16-8-6-5-7-14(16)2)10-9-15-12-19-20(3)13-15/h5-8,12-13,17-18H,4,9-11H2,1-3H3. The first-order valence-electron chi connectivity index (χ1n) is 7.47. The van der Waals surface area contributed by atoms with E-state index in [2.05, 4.69) is 54.7 Å². The van der Waals surface area contributed by atoms with Gasteiger partial charge >= 0.3 is 0 Å². The first-order valence-corrected chi connectivity index (χ1v) is 7.47. The molecule has 1 atom stereocenters. The maximum Gasteiger partial charge on any atom is 0.0521 e. The molecule has 0 amide bonds. The molecular weight excluding hydrogens is 246 g/mol. The Kier molecular flexibility index (Phi) is 5.36. The van der Waals surface area contributed by atoms with Crippen LogP contribution in [0.25, 0.3) is 0 Å². The van der Waals surface area contributed by atoms with Gasteiger partial charge in [-0.15, -0.1) is 0 Å². The lowest BCUT2D eigenvalue weighted by Gasteiger charge is -2.20. The lowest BCUT2D eigenvalue weighted by molar-refractivity contribution is 0.497. The summed E-state index contributed by atoms with van der Waals surface area (Å²) < 4.78 is 1.87. The summed E-state index contributed by atoms with van der Waals surface area (Å²) in [5.74, 6) is 0. The molecule has 3 heteroatoms. The van der Waals surface area contributed by atoms with Gasteiger partial charge < -0.3 is 5.32 Å². The van der Waals surface area contributed by atoms with Crippen LogP contribution in [0.1, 0.15) is 42.5 Å². The molecule has 0 fully saturated rings. The zero-order chi connectivity index (χ0) is 14.4. The zero-order valence-corrected chi connectivity index (χ0v) is 12.8. The maximum atomic E-state index is 4.24. The minimum Gasteiger partial charge on any atom is -0.310 e. The SMILES string of the molecule is CCCNC(CCc1cnn(C)c1)c1ccccc1C. The van der Waals surface area contributed by atoms with Gasteiger partial charge in [0.25, 0.3) is 0 Å². The summed E-state index contributed by atoms with van der Waals surface area (Å²) in [6.07, 6.45) is 7.40. The minimum absolute atomic E-state index is 0.427. The minimum atomic E-state index is 0.427. The van der Waals surface area contributed by atoms with E-state index in [0.717, 1.165) is 25.8 Å². The second kappa shape index (κ2) is 7.25. The van der Waals surface area contributed by atoms with Crippen LogP contribution in [0.5, 0.6) is 0 Å². The van der Waals surface area contributed by atoms with E-state index in [-0.39, 0.29) is 0 Å². The van der Waals surface area contributed by atoms with Gasteiger partial charge in [0.15, 0.2) is 0 Å². The Morgan fingerprint density at radius 3 is 2.75 bits per heavy atom. The van der Waals surface area contributed by atoms with Gasteiger partial charge in [-0.2, -0.15) is 5.10 Å². The van der Waals surface area contributed by atoms with Crippen LogP contribution in [0.2, 0.25) is 0 Å². The molecule has 0 aliphatic heterocycles. The molecule has 3 nitrogen and oxygen atoms in total. The highest BCUT2D eigenvalue weighted by atomic mass is 15.2. The second-order valence-electron chi connectivity index (χ2n) is 5.42. The first-order chi connectivity index (χ1) is 9.70. The lowest BCUT2D eigenvalue weighted by Crippen LogP contribution is -2.23. The predicted molar refractivity (Wildman–Crippen MR) is 83.7 cm³/mol. The molecule has 1 aromatic carbocycles. The number of benzene rings is 1. The Hall–Kier alpha value is -1.61. The van der Waals surface area contributed by atoms with E-state index < -0.39 is 0 Å². The highest BCUT2D eigenvalue weighted by Crippen LogP contribution is 2.22. The molecule has 0 aliphatic rings. The molecule has 1 heterocycles. The molecule has 0 radical (unpaired) electrons. The smallest absolute Gasteiger partial charge is 0.0521 e. The van der Waals surface area contributed by atoms with Crippen molar-refractivity contribution < 1.29 is 0 Å². The van der Waals surface area contributed by atoms with Crippen LogP contribution in [0.4, 0.5) is 0 Å². The third-order valence-electron chi connectivity index (χ3n) is 3.68. The van der Waals surface area contributed by atoms with E-state index in [0.29, 0.717) is 6.04 Å². The number of hydrogen-bond donors (Lipinski definition) is 1. The highest BCUT2D eigenvalue weighted by molar-refractivity contribution is 5.29. The molecule has 0 spiro atoms. The van der Waals surface area contributed by atoms with Crippen LogP contribution in [-0.4, -0.2) is 16.3 Å². The number of hydrogen-bond acceptors (Lipinski definition) is 2. The predicted octanol–water partition coefficient (Wildman–Crippen LogP) is 3.40. The largest absolute Gasteiger partial charge is 0.310 e. The molecule has 1 N–H and O–H groups in total. The van der Waals surface area contributed by atoms with Gasteiger partial charge in [-0.1, -0.05) is 31.2 Å². The molecule has 1 unspecified atom stereocenters. The van der Waals surface area contributed by atoms with Gasteiger partial charge in [0.2, 0.25) is 0 Å². The molecular formula is C17H25N3. The van der Waals surface area contributed by atoms with E-state index in [1.807, 2.05) is 17.9 Å². The average Bonchev–Trinajstić information content (AvgIpc) is 2.86. The van der Waals surface area contributed by atoms with Crippen molar-refractivity contribution in [2.24, 2.45) is 7.05 Å². The van der Waals surface area contributed by atoms with Crippen LogP contribution in [-0.2, 0) is 13.5 Å². The molecule has 0 bridgehead atoms. The van der Waals surface area contributed by atoms with E-state index >= 15 is 0 Å². The summed E-state index contributed by atoms with van der Waals surface area (Å²) in [6.45, 7) is 5.47. The summed E-state index contributed by atoms with van der Waals surface area (Å²) in [5, 5.41) is 7.92. The number of aryl methyl sites for hydroxylation is 3. The van der Waals surface area contributed by atoms with Crippen LogP contribution >= 0.6 is 0 Å². The van der Waals surface area contributed by atoms with Crippen LogP contribution < -0.4 is 5.32 Å². The number of aromatic nitrogens is 2. The van der Waals surface area contributed by atoms with Crippen molar-refractivity contribution in [1.29, 1.82) is 0 Å². The van der Waals surface area contributed by atoms with Crippen molar-refractivity contribution in [3.8, 4) is 0 Å². The number of nitrogens with one attached hydrogen (secondary N) is 1. The maximum absolute atomic E-state index is 4.24. The van der Waals surface area contributed by atoms with Crippen molar-refractivity contribution >= 4 is 0 Å². The third-order valence-corrected chi connectivity index (χ3v) is 3.68. The number of rotatable bonds is 7. The van der Waals surface area contributed by atoms with Gasteiger partial charge in [0.1, 0.15) is 0 Å². The second-order valence-corrected chi connectivity index (χ2v) is 5.42. The average molecular weight is 271 g/mol. The van der Waals surface area contributed by atoms with Crippen molar-refractivity contribution in [2.75, 3.05) is 6.54 Å². The van der Waals surface area contributed by atoms with Crippen LogP contribution in [0.3, 0.4) is 0 Å². The fourth-order valence-corrected chi connectivity index (χ4v) is 2.58. The summed E-state index contributed by atoms with van der Waals surface area (Å²) in [5.41, 5.74) is 4.10. The Bertz CT molecular complexity index is 531. The summed E-state index contributed by atoms with van der Waals surface area (Å²) in [6, 6.07) is 9.10. The molecule has 0 saturated heterocycles. The molecule has 1 aromatic heterocycles. The molecule has 20 heavy (non-hydrogen) atoms. The quantitative estimate of drug-likeness (QED) is 0.836. The monoisotopic (exact) mass is 271 g/mol. The Balaban J connectivity index is 2.05. The molecule has 0 aliphatic carbocycles. The number of nitrogens with zero attached hydrogens (tertiary/aromatic N) is 2. The van der Waals surface area contributed by atoms with E-state index in [9.17, 15) is 0 Å². The normalized spacial score (nSPS) is 12.6. The lowest BCUT2D eigenvalue weighted by atomic mass is 9.96. The topological polar surface area (TPSA) is 29.9 Å². The van der Waals surface area contributed by atoms with E-state index in [1.165, 1.54) is 16.7 Å². The summed E-state index contributed by atoms with van der Waals surface area (Å²) in [7, 11) is 1.97. The Morgan fingerprint density at radius 1 is 1.30 bits per heavy atom. The molecule has 108 valence electrons. The summed E-state index contributed by atoms with van der Waals surface area (Å²) >= 11 is 0.